The van der Waals surface area contributed by atoms with Crippen molar-refractivity contribution in [3.8, 4) is 5.75 Å². The van der Waals surface area contributed by atoms with Gasteiger partial charge in [-0.15, -0.1) is 0 Å². The summed E-state index contributed by atoms with van der Waals surface area (Å²) in [6.07, 6.45) is 0.572. The summed E-state index contributed by atoms with van der Waals surface area (Å²) in [6, 6.07) is 4.72. The second-order valence-electron chi connectivity index (χ2n) is 7.00. The van der Waals surface area contributed by atoms with Crippen molar-refractivity contribution in [3.05, 3.63) is 18.2 Å². The molecule has 2 rings (SSSR count). The Labute approximate surface area is 153 Å². The van der Waals surface area contributed by atoms with Crippen LogP contribution in [0.4, 0.5) is 11.4 Å². The third kappa shape index (κ3) is 4.66. The molecule has 1 saturated heterocycles. The number of anilines is 2. The summed E-state index contributed by atoms with van der Waals surface area (Å²) >= 11 is 0. The van der Waals surface area contributed by atoms with Crippen LogP contribution in [-0.4, -0.2) is 46.3 Å². The van der Waals surface area contributed by atoms with E-state index in [4.69, 9.17) is 9.47 Å². The van der Waals surface area contributed by atoms with E-state index >= 15 is 0 Å². The summed E-state index contributed by atoms with van der Waals surface area (Å²) in [4.78, 5) is 23.7. The highest BCUT2D eigenvalue weighted by atomic mass is 32.2. The predicted octanol–water partition coefficient (Wildman–Crippen LogP) is 1.76. The average Bonchev–Trinajstić information content (AvgIpc) is 2.91. The van der Waals surface area contributed by atoms with Gasteiger partial charge in [0, 0.05) is 12.6 Å². The summed E-state index contributed by atoms with van der Waals surface area (Å²) in [5.41, 5.74) is 0.155. The van der Waals surface area contributed by atoms with Crippen LogP contribution >= 0.6 is 0 Å². The molecule has 9 heteroatoms. The molecule has 0 aromatic heterocycles. The van der Waals surface area contributed by atoms with Crippen LogP contribution in [0.3, 0.4) is 0 Å². The number of hydrogen-bond acceptors (Lipinski definition) is 6. The van der Waals surface area contributed by atoms with E-state index in [2.05, 4.69) is 5.32 Å². The number of carbonyl (C=O) groups is 2. The van der Waals surface area contributed by atoms with Crippen LogP contribution in [0.25, 0.3) is 0 Å². The maximum atomic E-state index is 12.0. The number of ether oxygens (including phenoxy) is 2. The summed E-state index contributed by atoms with van der Waals surface area (Å²) in [7, 11) is -1.88. The Balaban J connectivity index is 2.08. The number of methoxy groups -OCH3 is 1. The third-order valence-electron chi connectivity index (χ3n) is 3.79. The first kappa shape index (κ1) is 20.0. The summed E-state index contributed by atoms with van der Waals surface area (Å²) in [5, 5.41) is 2.60. The quantitative estimate of drug-likeness (QED) is 0.776. The van der Waals surface area contributed by atoms with Crippen LogP contribution in [-0.2, 0) is 24.3 Å². The van der Waals surface area contributed by atoms with Crippen molar-refractivity contribution in [3.63, 3.8) is 0 Å². The van der Waals surface area contributed by atoms with Crippen molar-refractivity contribution in [1.82, 2.24) is 0 Å². The molecular weight excluding hydrogens is 360 g/mol. The maximum absolute atomic E-state index is 12.0. The van der Waals surface area contributed by atoms with Gasteiger partial charge in [0.05, 0.1) is 29.7 Å². The average molecular weight is 384 g/mol. The lowest BCUT2D eigenvalue weighted by Gasteiger charge is -2.19. The highest BCUT2D eigenvalue weighted by molar-refractivity contribution is 7.93. The lowest BCUT2D eigenvalue weighted by molar-refractivity contribution is -0.155. The van der Waals surface area contributed by atoms with Crippen LogP contribution < -0.4 is 14.4 Å². The molecule has 0 aliphatic carbocycles. The molecular formula is C17H24N2O6S. The van der Waals surface area contributed by atoms with E-state index in [1.807, 2.05) is 0 Å². The van der Waals surface area contributed by atoms with Crippen LogP contribution in [0, 0.1) is 5.41 Å². The zero-order valence-electron chi connectivity index (χ0n) is 15.4. The van der Waals surface area contributed by atoms with Crippen molar-refractivity contribution in [1.29, 1.82) is 0 Å². The summed E-state index contributed by atoms with van der Waals surface area (Å²) in [6.45, 7) is 5.09. The third-order valence-corrected chi connectivity index (χ3v) is 5.66. The zero-order chi connectivity index (χ0) is 19.5. The molecule has 1 aromatic carbocycles. The number of benzene rings is 1. The first-order valence-corrected chi connectivity index (χ1v) is 9.81. The van der Waals surface area contributed by atoms with E-state index in [9.17, 15) is 18.0 Å². The monoisotopic (exact) mass is 384 g/mol. The molecule has 1 N–H and O–H groups in total. The number of nitrogens with one attached hydrogen (secondary N) is 1. The van der Waals surface area contributed by atoms with E-state index < -0.39 is 33.9 Å². The normalized spacial score (nSPS) is 16.2. The van der Waals surface area contributed by atoms with Gasteiger partial charge in [0.1, 0.15) is 5.75 Å². The zero-order valence-corrected chi connectivity index (χ0v) is 16.2. The molecule has 0 spiro atoms. The Kier molecular flexibility index (Phi) is 5.80. The molecule has 1 fully saturated rings. The Hall–Kier alpha value is -2.29. The minimum absolute atomic E-state index is 0.118. The second-order valence-corrected chi connectivity index (χ2v) is 9.01. The largest absolute Gasteiger partial charge is 0.494 e. The van der Waals surface area contributed by atoms with Gasteiger partial charge in [-0.2, -0.15) is 0 Å². The molecule has 0 radical (unpaired) electrons. The SMILES string of the molecule is COc1cc(N2CCCS2(=O)=O)ccc1NC(=O)COC(=O)C(C)(C)C. The molecule has 144 valence electrons. The minimum Gasteiger partial charge on any atom is -0.494 e. The Morgan fingerprint density at radius 3 is 2.50 bits per heavy atom. The van der Waals surface area contributed by atoms with Gasteiger partial charge in [-0.3, -0.25) is 13.9 Å². The van der Waals surface area contributed by atoms with Crippen molar-refractivity contribution in [2.75, 3.05) is 35.6 Å². The summed E-state index contributed by atoms with van der Waals surface area (Å²) < 4.78 is 35.6. The molecule has 26 heavy (non-hydrogen) atoms. The number of esters is 1. The van der Waals surface area contributed by atoms with Crippen molar-refractivity contribution < 1.29 is 27.5 Å². The van der Waals surface area contributed by atoms with Crippen LogP contribution in [0.2, 0.25) is 0 Å². The topological polar surface area (TPSA) is 102 Å². The number of nitrogens with zero attached hydrogens (tertiary/aromatic N) is 1. The Morgan fingerprint density at radius 1 is 1.27 bits per heavy atom. The number of hydrogen-bond donors (Lipinski definition) is 1. The Morgan fingerprint density at radius 2 is 1.96 bits per heavy atom. The molecule has 1 aliphatic rings. The fraction of sp³-hybridized carbons (Fsp3) is 0.529. The van der Waals surface area contributed by atoms with E-state index in [-0.39, 0.29) is 5.75 Å². The molecule has 0 bridgehead atoms. The Bertz CT molecular complexity index is 798. The second kappa shape index (κ2) is 7.53. The van der Waals surface area contributed by atoms with Crippen molar-refractivity contribution in [2.45, 2.75) is 27.2 Å². The molecule has 1 amide bonds. The van der Waals surface area contributed by atoms with Crippen molar-refractivity contribution >= 4 is 33.3 Å². The molecule has 1 aromatic rings. The van der Waals surface area contributed by atoms with Crippen LogP contribution in [0.5, 0.6) is 5.75 Å². The van der Waals surface area contributed by atoms with E-state index in [0.29, 0.717) is 30.1 Å². The molecule has 1 heterocycles. The fourth-order valence-corrected chi connectivity index (χ4v) is 3.96. The van der Waals surface area contributed by atoms with Gasteiger partial charge in [-0.1, -0.05) is 0 Å². The van der Waals surface area contributed by atoms with E-state index in [1.165, 1.54) is 11.4 Å². The predicted molar refractivity (Wildman–Crippen MR) is 97.8 cm³/mol. The number of carbonyl (C=O) groups excluding carboxylic acids is 2. The van der Waals surface area contributed by atoms with Gasteiger partial charge < -0.3 is 14.8 Å². The smallest absolute Gasteiger partial charge is 0.311 e. The molecule has 1 aliphatic heterocycles. The van der Waals surface area contributed by atoms with Crippen molar-refractivity contribution in [2.24, 2.45) is 5.41 Å². The minimum atomic E-state index is -3.30. The number of rotatable bonds is 5. The highest BCUT2D eigenvalue weighted by Gasteiger charge is 2.29. The van der Waals surface area contributed by atoms with E-state index in [0.717, 1.165) is 0 Å². The molecule has 8 nitrogen and oxygen atoms in total. The van der Waals surface area contributed by atoms with Gasteiger partial charge in [-0.05, 0) is 39.3 Å². The van der Waals surface area contributed by atoms with Gasteiger partial charge in [0.2, 0.25) is 10.0 Å². The van der Waals surface area contributed by atoms with E-state index in [1.54, 1.807) is 39.0 Å². The number of amides is 1. The summed E-state index contributed by atoms with van der Waals surface area (Å²) in [5.74, 6) is -0.552. The lowest BCUT2D eigenvalue weighted by Crippen LogP contribution is -2.28. The molecule has 0 atom stereocenters. The van der Waals surface area contributed by atoms with Gasteiger partial charge in [-0.25, -0.2) is 8.42 Å². The van der Waals surface area contributed by atoms with Gasteiger partial charge >= 0.3 is 5.97 Å². The molecule has 0 unspecified atom stereocenters. The fourth-order valence-electron chi connectivity index (χ4n) is 2.40. The van der Waals surface area contributed by atoms with Gasteiger partial charge in [0.25, 0.3) is 5.91 Å². The standard InChI is InChI=1S/C17H24N2O6S/c1-17(2,3)16(21)25-11-15(20)18-13-7-6-12(10-14(13)24-4)19-8-5-9-26(19,22)23/h6-7,10H,5,8-9,11H2,1-4H3,(H,18,20). The lowest BCUT2D eigenvalue weighted by atomic mass is 9.97. The van der Waals surface area contributed by atoms with Crippen LogP contribution in [0.1, 0.15) is 27.2 Å². The van der Waals surface area contributed by atoms with Gasteiger partial charge in [0.15, 0.2) is 6.61 Å². The first-order valence-electron chi connectivity index (χ1n) is 8.20. The number of sulfonamides is 1. The molecule has 0 saturated carbocycles. The first-order chi connectivity index (χ1) is 12.0. The maximum Gasteiger partial charge on any atom is 0.311 e. The highest BCUT2D eigenvalue weighted by Crippen LogP contribution is 2.32. The van der Waals surface area contributed by atoms with Crippen LogP contribution in [0.15, 0.2) is 18.2 Å².